The van der Waals surface area contributed by atoms with Crippen molar-refractivity contribution < 1.29 is 4.79 Å². The average Bonchev–Trinajstić information content (AvgIpc) is 3.34. The van der Waals surface area contributed by atoms with E-state index in [4.69, 9.17) is 0 Å². The van der Waals surface area contributed by atoms with Gasteiger partial charge in [0.15, 0.2) is 0 Å². The minimum absolute atomic E-state index is 0.113. The summed E-state index contributed by atoms with van der Waals surface area (Å²) in [5.74, 6) is 2.91. The van der Waals surface area contributed by atoms with Crippen molar-refractivity contribution in [2.45, 2.75) is 39.7 Å². The topological polar surface area (TPSA) is 76.5 Å². The van der Waals surface area contributed by atoms with Gasteiger partial charge in [-0.1, -0.05) is 32.9 Å². The summed E-state index contributed by atoms with van der Waals surface area (Å²) >= 11 is 0. The fourth-order valence-corrected chi connectivity index (χ4v) is 5.18. The maximum Gasteiger partial charge on any atom is 0.537 e. The molecule has 1 saturated heterocycles. The second-order valence-electron chi connectivity index (χ2n) is 11.9. The first-order valence-electron chi connectivity index (χ1n) is 14.0. The number of likely N-dealkylation sites (N-methyl/N-ethyl adjacent to an activating group) is 1. The molecule has 206 valence electrons. The molecule has 0 unspecified atom stereocenters. The van der Waals surface area contributed by atoms with Crippen LogP contribution < -0.4 is 25.3 Å². The zero-order valence-corrected chi connectivity index (χ0v) is 24.5. The van der Waals surface area contributed by atoms with E-state index in [9.17, 15) is 10.1 Å². The number of hydrogen-bond donors (Lipinski definition) is 1. The van der Waals surface area contributed by atoms with Crippen molar-refractivity contribution in [3.8, 4) is 18.0 Å². The standard InChI is InChI=1S/C34H35N6O/c1-24-6-9-32-31(16-24)36-23-40(32)11-10-25-17-26(21-35)19-29(18-25)37-33(41)27-7-8-28(30(20-27)34(2,3)4)22-39-14-12-38(5)13-15-39/h6-9,16-20,23H,12-15,22H2,1-5H3/q+1/p+1. The predicted molar refractivity (Wildman–Crippen MR) is 163 cm³/mol. The summed E-state index contributed by atoms with van der Waals surface area (Å²) < 4.78 is 6.20. The molecule has 1 N–H and O–H groups in total. The third kappa shape index (κ3) is 6.62. The summed E-state index contributed by atoms with van der Waals surface area (Å²) in [5, 5.41) is 14.4. The van der Waals surface area contributed by atoms with Crippen molar-refractivity contribution in [1.82, 2.24) is 19.0 Å². The van der Waals surface area contributed by atoms with Crippen molar-refractivity contribution in [3.63, 3.8) is 0 Å². The van der Waals surface area contributed by atoms with E-state index in [0.29, 0.717) is 22.4 Å². The number of fused-ring (bicyclic) bond motifs is 1. The van der Waals surface area contributed by atoms with E-state index in [0.717, 1.165) is 49.0 Å². The highest BCUT2D eigenvalue weighted by molar-refractivity contribution is 6.04. The molecule has 7 nitrogen and oxygen atoms in total. The monoisotopic (exact) mass is 544 g/mol. The van der Waals surface area contributed by atoms with Gasteiger partial charge < -0.3 is 10.2 Å². The molecule has 0 aliphatic carbocycles. The molecular weight excluding hydrogens is 508 g/mol. The van der Waals surface area contributed by atoms with E-state index in [1.165, 1.54) is 11.1 Å². The van der Waals surface area contributed by atoms with Gasteiger partial charge in [0.1, 0.15) is 0 Å². The van der Waals surface area contributed by atoms with Crippen molar-refractivity contribution in [2.75, 3.05) is 38.5 Å². The first-order chi connectivity index (χ1) is 19.6. The van der Waals surface area contributed by atoms with Crippen LogP contribution in [0.25, 0.3) is 0 Å². The van der Waals surface area contributed by atoms with Crippen LogP contribution in [0.2, 0.25) is 0 Å². The highest BCUT2D eigenvalue weighted by atomic mass is 16.1. The van der Waals surface area contributed by atoms with E-state index in [1.54, 1.807) is 29.1 Å². The van der Waals surface area contributed by atoms with Crippen molar-refractivity contribution in [3.05, 3.63) is 98.7 Å². The lowest BCUT2D eigenvalue weighted by molar-refractivity contribution is 0.102. The third-order valence-corrected chi connectivity index (χ3v) is 7.51. The molecule has 1 amide bonds. The Hall–Kier alpha value is -4.52. The largest absolute Gasteiger partial charge is 0.537 e. The van der Waals surface area contributed by atoms with Gasteiger partial charge in [0.25, 0.3) is 5.91 Å². The molecule has 0 radical (unpaired) electrons. The lowest BCUT2D eigenvalue weighted by atomic mass is 9.82. The van der Waals surface area contributed by atoms with Gasteiger partial charge in [0.05, 0.1) is 11.6 Å². The molecule has 41 heavy (non-hydrogen) atoms. The molecule has 3 aromatic carbocycles. The normalized spacial score (nSPS) is 15.0. The van der Waals surface area contributed by atoms with Crippen molar-refractivity contribution in [1.29, 1.82) is 5.26 Å². The van der Waals surface area contributed by atoms with Crippen LogP contribution in [-0.2, 0) is 12.0 Å². The van der Waals surface area contributed by atoms with Crippen molar-refractivity contribution >= 4 is 17.9 Å². The molecule has 1 fully saturated rings. The zero-order valence-electron chi connectivity index (χ0n) is 24.5. The molecule has 2 heterocycles. The van der Waals surface area contributed by atoms with Gasteiger partial charge in [-0.3, -0.25) is 9.69 Å². The van der Waals surface area contributed by atoms with Gasteiger partial charge in [-0.2, -0.15) is 5.26 Å². The molecule has 3 aromatic rings. The molecular formula is C34H36N6O+2. The Labute approximate surface area is 241 Å². The second-order valence-corrected chi connectivity index (χ2v) is 11.9. The molecule has 7 heteroatoms. The number of amides is 1. The second kappa shape index (κ2) is 11.5. The minimum Gasteiger partial charge on any atom is -0.322 e. The lowest BCUT2D eigenvalue weighted by Crippen LogP contribution is -2.44. The maximum absolute atomic E-state index is 13.4. The fourth-order valence-electron chi connectivity index (χ4n) is 5.18. The number of rotatable bonds is 4. The number of piperazine rings is 1. The Morgan fingerprint density at radius 2 is 1.78 bits per heavy atom. The third-order valence-electron chi connectivity index (χ3n) is 7.51. The summed E-state index contributed by atoms with van der Waals surface area (Å²) in [5.41, 5.74) is 5.63. The van der Waals surface area contributed by atoms with E-state index in [-0.39, 0.29) is 11.3 Å². The van der Waals surface area contributed by atoms with E-state index in [1.807, 2.05) is 37.3 Å². The van der Waals surface area contributed by atoms with Crippen LogP contribution >= 0.6 is 0 Å². The predicted octanol–water partition coefficient (Wildman–Crippen LogP) is 2.39. The highest BCUT2D eigenvalue weighted by Gasteiger charge is 2.23. The van der Waals surface area contributed by atoms with Crippen molar-refractivity contribution in [2.24, 2.45) is 0 Å². The molecule has 2 aliphatic rings. The SMILES string of the molecule is Cc1ccc2c(c1)=[N+]=C[N+]=2C#Cc1cc(C#N)cc(NC(=O)c2ccc(CN3CCN(C)CC3)c(C(C)(C)C)c2)c1. The molecule has 0 saturated carbocycles. The van der Waals surface area contributed by atoms with Crippen LogP contribution in [0.1, 0.15) is 58.9 Å². The van der Waals surface area contributed by atoms with Crippen LogP contribution in [0, 0.1) is 30.2 Å². The van der Waals surface area contributed by atoms with Crippen LogP contribution in [0.15, 0.2) is 54.6 Å². The Morgan fingerprint density at radius 1 is 1.02 bits per heavy atom. The molecule has 0 atom stereocenters. The summed E-state index contributed by atoms with van der Waals surface area (Å²) in [6.07, 6.45) is 1.69. The van der Waals surface area contributed by atoms with Gasteiger partial charge in [0.2, 0.25) is 6.04 Å². The summed E-state index contributed by atoms with van der Waals surface area (Å²) in [7, 11) is 2.16. The number of anilines is 1. The zero-order chi connectivity index (χ0) is 29.1. The summed E-state index contributed by atoms with van der Waals surface area (Å²) in [6, 6.07) is 22.5. The summed E-state index contributed by atoms with van der Waals surface area (Å²) in [6.45, 7) is 13.7. The molecule has 2 aliphatic heterocycles. The Balaban J connectivity index is 1.38. The first kappa shape index (κ1) is 28.0. The maximum atomic E-state index is 13.4. The number of hydrogen-bond acceptors (Lipinski definition) is 4. The highest BCUT2D eigenvalue weighted by Crippen LogP contribution is 2.29. The van der Waals surface area contributed by atoms with Gasteiger partial charge in [-0.05, 0) is 75.7 Å². The fraction of sp³-hybridized carbons (Fsp3) is 0.324. The Morgan fingerprint density at radius 3 is 2.51 bits per heavy atom. The lowest BCUT2D eigenvalue weighted by Gasteiger charge is -2.34. The van der Waals surface area contributed by atoms with Crippen LogP contribution in [0.4, 0.5) is 5.69 Å². The van der Waals surface area contributed by atoms with E-state index >= 15 is 0 Å². The first-order valence-corrected chi connectivity index (χ1v) is 14.0. The quantitative estimate of drug-likeness (QED) is 0.311. The number of nitriles is 1. The summed E-state index contributed by atoms with van der Waals surface area (Å²) in [4.78, 5) is 18.2. The number of carbonyl (C=O) groups excluding carboxylic acids is 1. The smallest absolute Gasteiger partial charge is 0.322 e. The number of nitrogens with one attached hydrogen (secondary N) is 1. The van der Waals surface area contributed by atoms with Gasteiger partial charge in [-0.25, -0.2) is 0 Å². The number of aryl methyl sites for hydroxylation is 1. The van der Waals surface area contributed by atoms with Gasteiger partial charge in [0, 0.05) is 67.6 Å². The molecule has 0 bridgehead atoms. The molecule has 0 spiro atoms. The Bertz CT molecular complexity index is 1780. The van der Waals surface area contributed by atoms with Crippen LogP contribution in [-0.4, -0.2) is 55.3 Å². The molecule has 0 aromatic heterocycles. The molecule has 5 rings (SSSR count). The van der Waals surface area contributed by atoms with Gasteiger partial charge in [-0.15, -0.1) is 0 Å². The van der Waals surface area contributed by atoms with Crippen LogP contribution in [0.5, 0.6) is 0 Å². The van der Waals surface area contributed by atoms with Gasteiger partial charge >= 0.3 is 17.1 Å². The number of benzene rings is 3. The Kier molecular flexibility index (Phi) is 7.88. The number of carbonyl (C=O) groups is 1. The minimum atomic E-state index is -0.216. The van der Waals surface area contributed by atoms with E-state index < -0.39 is 0 Å². The average molecular weight is 545 g/mol. The number of nitrogens with zero attached hydrogens (tertiary/aromatic N) is 5. The van der Waals surface area contributed by atoms with E-state index in [2.05, 4.69) is 71.7 Å². The van der Waals surface area contributed by atoms with Crippen LogP contribution in [0.3, 0.4) is 0 Å².